The lowest BCUT2D eigenvalue weighted by molar-refractivity contribution is 0.570. The predicted octanol–water partition coefficient (Wildman–Crippen LogP) is 4.14. The van der Waals surface area contributed by atoms with Crippen LogP contribution >= 0.6 is 11.3 Å². The van der Waals surface area contributed by atoms with E-state index in [2.05, 4.69) is 31.0 Å². The third kappa shape index (κ3) is 3.98. The molecule has 3 nitrogen and oxygen atoms in total. The van der Waals surface area contributed by atoms with Gasteiger partial charge in [-0.15, -0.1) is 11.3 Å². The van der Waals surface area contributed by atoms with Crippen LogP contribution in [0.5, 0.6) is 0 Å². The Balaban J connectivity index is 1.75. The average molecular weight is 308 g/mol. The van der Waals surface area contributed by atoms with Crippen LogP contribution in [0.25, 0.3) is 0 Å². The largest absolute Gasteiger partial charge is 0.345 e. The van der Waals surface area contributed by atoms with Crippen molar-refractivity contribution in [3.05, 3.63) is 10.6 Å². The minimum atomic E-state index is 0.759. The Morgan fingerprint density at radius 1 is 1.29 bits per heavy atom. The summed E-state index contributed by atoms with van der Waals surface area (Å²) in [7, 11) is 0. The van der Waals surface area contributed by atoms with Crippen LogP contribution in [-0.2, 0) is 6.54 Å². The summed E-state index contributed by atoms with van der Waals surface area (Å²) >= 11 is 1.95. The number of aromatic nitrogens is 1. The standard InChI is InChI=1S/C17H29N3S/c1-4-18-11-15-16(13-5-6-13)19-17(21-15)20(14-7-8-14)10-9-12(2)3/h12-14,18H,4-11H2,1-3H3. The molecule has 0 aliphatic heterocycles. The minimum Gasteiger partial charge on any atom is -0.345 e. The van der Waals surface area contributed by atoms with Crippen LogP contribution in [0.1, 0.15) is 69.4 Å². The molecule has 0 unspecified atom stereocenters. The van der Waals surface area contributed by atoms with Crippen molar-refractivity contribution >= 4 is 16.5 Å². The van der Waals surface area contributed by atoms with E-state index in [9.17, 15) is 0 Å². The molecule has 1 heterocycles. The Bertz CT molecular complexity index is 461. The molecule has 1 aromatic heterocycles. The molecule has 4 heteroatoms. The van der Waals surface area contributed by atoms with Gasteiger partial charge in [-0.2, -0.15) is 0 Å². The number of nitrogens with one attached hydrogen (secondary N) is 1. The molecule has 21 heavy (non-hydrogen) atoms. The maximum atomic E-state index is 5.07. The molecular formula is C17H29N3S. The molecule has 0 amide bonds. The zero-order chi connectivity index (χ0) is 14.8. The summed E-state index contributed by atoms with van der Waals surface area (Å²) in [5.74, 6) is 1.53. The second-order valence-corrected chi connectivity index (χ2v) is 8.03. The first-order chi connectivity index (χ1) is 10.2. The van der Waals surface area contributed by atoms with Crippen molar-refractivity contribution in [2.24, 2.45) is 5.92 Å². The summed E-state index contributed by atoms with van der Waals surface area (Å²) in [5.41, 5.74) is 1.41. The molecule has 0 spiro atoms. The first-order valence-electron chi connectivity index (χ1n) is 8.66. The molecule has 118 valence electrons. The van der Waals surface area contributed by atoms with Crippen LogP contribution in [0.3, 0.4) is 0 Å². The molecule has 0 saturated heterocycles. The SMILES string of the molecule is CCNCc1sc(N(CCC(C)C)C2CC2)nc1C1CC1. The Kier molecular flexibility index (Phi) is 4.85. The third-order valence-corrected chi connectivity index (χ3v) is 5.50. The van der Waals surface area contributed by atoms with Gasteiger partial charge in [-0.1, -0.05) is 20.8 Å². The third-order valence-electron chi connectivity index (χ3n) is 4.40. The van der Waals surface area contributed by atoms with Crippen LogP contribution in [0.4, 0.5) is 5.13 Å². The van der Waals surface area contributed by atoms with Gasteiger partial charge in [-0.3, -0.25) is 0 Å². The predicted molar refractivity (Wildman–Crippen MR) is 91.3 cm³/mol. The monoisotopic (exact) mass is 307 g/mol. The van der Waals surface area contributed by atoms with Crippen LogP contribution in [0.2, 0.25) is 0 Å². The quantitative estimate of drug-likeness (QED) is 0.743. The fraction of sp³-hybridized carbons (Fsp3) is 0.824. The molecule has 0 bridgehead atoms. The molecule has 1 aromatic rings. The first-order valence-corrected chi connectivity index (χ1v) is 9.47. The molecule has 0 radical (unpaired) electrons. The van der Waals surface area contributed by atoms with E-state index in [1.807, 2.05) is 11.3 Å². The van der Waals surface area contributed by atoms with Crippen LogP contribution in [0.15, 0.2) is 0 Å². The molecular weight excluding hydrogens is 278 g/mol. The van der Waals surface area contributed by atoms with E-state index in [-0.39, 0.29) is 0 Å². The smallest absolute Gasteiger partial charge is 0.186 e. The fourth-order valence-corrected chi connectivity index (χ4v) is 3.95. The maximum Gasteiger partial charge on any atom is 0.186 e. The molecule has 2 saturated carbocycles. The van der Waals surface area contributed by atoms with Gasteiger partial charge in [0.15, 0.2) is 5.13 Å². The van der Waals surface area contributed by atoms with Gasteiger partial charge in [0.05, 0.1) is 5.69 Å². The summed E-state index contributed by atoms with van der Waals surface area (Å²) < 4.78 is 0. The lowest BCUT2D eigenvalue weighted by atomic mass is 10.1. The summed E-state index contributed by atoms with van der Waals surface area (Å²) in [5, 5.41) is 4.79. The molecule has 2 aliphatic rings. The maximum absolute atomic E-state index is 5.07. The highest BCUT2D eigenvalue weighted by atomic mass is 32.1. The van der Waals surface area contributed by atoms with Gasteiger partial charge >= 0.3 is 0 Å². The van der Waals surface area contributed by atoms with Crippen molar-refractivity contribution in [2.45, 2.75) is 71.4 Å². The summed E-state index contributed by atoms with van der Waals surface area (Å²) in [6.07, 6.45) is 6.69. The Hall–Kier alpha value is -0.610. The van der Waals surface area contributed by atoms with Gasteiger partial charge in [0, 0.05) is 29.9 Å². The van der Waals surface area contributed by atoms with Gasteiger partial charge in [0.25, 0.3) is 0 Å². The number of hydrogen-bond donors (Lipinski definition) is 1. The lowest BCUT2D eigenvalue weighted by Crippen LogP contribution is -2.27. The van der Waals surface area contributed by atoms with Gasteiger partial charge < -0.3 is 10.2 Å². The molecule has 2 fully saturated rings. The van der Waals surface area contributed by atoms with Crippen molar-refractivity contribution in [2.75, 3.05) is 18.0 Å². The summed E-state index contributed by atoms with van der Waals surface area (Å²) in [6.45, 7) is 10.0. The van der Waals surface area contributed by atoms with Gasteiger partial charge in [0.2, 0.25) is 0 Å². The highest BCUT2D eigenvalue weighted by Crippen LogP contribution is 2.45. The Morgan fingerprint density at radius 3 is 2.62 bits per heavy atom. The summed E-state index contributed by atoms with van der Waals surface area (Å²) in [4.78, 5) is 9.16. The van der Waals surface area contributed by atoms with Crippen molar-refractivity contribution < 1.29 is 0 Å². The zero-order valence-electron chi connectivity index (χ0n) is 13.7. The normalized spacial score (nSPS) is 18.5. The molecule has 2 aliphatic carbocycles. The number of hydrogen-bond acceptors (Lipinski definition) is 4. The first kappa shape index (κ1) is 15.3. The van der Waals surface area contributed by atoms with Crippen molar-refractivity contribution in [3.8, 4) is 0 Å². The molecule has 0 aromatic carbocycles. The number of anilines is 1. The van der Waals surface area contributed by atoms with Gasteiger partial charge in [0.1, 0.15) is 0 Å². The van der Waals surface area contributed by atoms with Crippen molar-refractivity contribution in [3.63, 3.8) is 0 Å². The highest BCUT2D eigenvalue weighted by molar-refractivity contribution is 7.15. The van der Waals surface area contributed by atoms with Crippen LogP contribution < -0.4 is 10.2 Å². The lowest BCUT2D eigenvalue weighted by Gasteiger charge is -2.22. The zero-order valence-corrected chi connectivity index (χ0v) is 14.5. The number of rotatable bonds is 9. The number of thiazole rings is 1. The average Bonchev–Trinajstić information content (AvgIpc) is 3.35. The molecule has 3 rings (SSSR count). The van der Waals surface area contributed by atoms with E-state index < -0.39 is 0 Å². The van der Waals surface area contributed by atoms with Crippen LogP contribution in [0, 0.1) is 5.92 Å². The second-order valence-electron chi connectivity index (χ2n) is 6.97. The van der Waals surface area contributed by atoms with E-state index in [0.717, 1.165) is 31.0 Å². The van der Waals surface area contributed by atoms with Crippen molar-refractivity contribution in [1.82, 2.24) is 10.3 Å². The van der Waals surface area contributed by atoms with E-state index in [4.69, 9.17) is 4.98 Å². The highest BCUT2D eigenvalue weighted by Gasteiger charge is 2.34. The Morgan fingerprint density at radius 2 is 2.05 bits per heavy atom. The van der Waals surface area contributed by atoms with E-state index in [1.54, 1.807) is 0 Å². The minimum absolute atomic E-state index is 0.759. The van der Waals surface area contributed by atoms with Gasteiger partial charge in [-0.25, -0.2) is 4.98 Å². The molecule has 1 N–H and O–H groups in total. The van der Waals surface area contributed by atoms with E-state index in [1.165, 1.54) is 54.4 Å². The molecule has 0 atom stereocenters. The van der Waals surface area contributed by atoms with Crippen LogP contribution in [-0.4, -0.2) is 24.1 Å². The number of nitrogens with zero attached hydrogens (tertiary/aromatic N) is 2. The fourth-order valence-electron chi connectivity index (χ4n) is 2.73. The van der Waals surface area contributed by atoms with E-state index in [0.29, 0.717) is 0 Å². The van der Waals surface area contributed by atoms with E-state index >= 15 is 0 Å². The Labute approximate surface area is 133 Å². The van der Waals surface area contributed by atoms with Crippen molar-refractivity contribution in [1.29, 1.82) is 0 Å². The summed E-state index contributed by atoms with van der Waals surface area (Å²) in [6, 6.07) is 0.772. The second kappa shape index (κ2) is 6.66. The topological polar surface area (TPSA) is 28.2 Å². The van der Waals surface area contributed by atoms with Gasteiger partial charge in [-0.05, 0) is 44.6 Å².